The van der Waals surface area contributed by atoms with Crippen LogP contribution in [0.25, 0.3) is 32.9 Å². The van der Waals surface area contributed by atoms with E-state index >= 15 is 0 Å². The number of carbonyl (C=O) groups excluding carboxylic acids is 1. The summed E-state index contributed by atoms with van der Waals surface area (Å²) < 4.78 is 1.89. The Kier molecular flexibility index (Phi) is 5.03. The lowest BCUT2D eigenvalue weighted by Crippen LogP contribution is -2.71. The Hall–Kier alpha value is -4.52. The minimum Gasteiger partial charge on any atom is -0.481 e. The van der Waals surface area contributed by atoms with Crippen molar-refractivity contribution in [2.75, 3.05) is 0 Å². The molecule has 7 nitrogen and oxygen atoms in total. The maximum atomic E-state index is 14.2. The van der Waals surface area contributed by atoms with E-state index in [9.17, 15) is 14.7 Å². The van der Waals surface area contributed by atoms with E-state index in [0.717, 1.165) is 70.7 Å². The molecule has 2 aromatic heterocycles. The summed E-state index contributed by atoms with van der Waals surface area (Å²) in [5.74, 6) is -0.808. The number of rotatable bonds is 8. The van der Waals surface area contributed by atoms with Gasteiger partial charge in [0.05, 0.1) is 41.5 Å². The van der Waals surface area contributed by atoms with E-state index in [4.69, 9.17) is 10.1 Å². The minimum atomic E-state index is -0.721. The number of nitrogens with zero attached hydrogens (tertiary/aromatic N) is 3. The fourth-order valence-corrected chi connectivity index (χ4v) is 7.88. The van der Waals surface area contributed by atoms with Gasteiger partial charge >= 0.3 is 5.97 Å². The monoisotopic (exact) mass is 542 g/mol. The van der Waals surface area contributed by atoms with E-state index in [1.807, 2.05) is 65.5 Å². The quantitative estimate of drug-likeness (QED) is 0.243. The number of pyridine rings is 1. The number of aliphatic carboxylic acids is 1. The molecule has 0 radical (unpaired) electrons. The number of hydrogen-bond donors (Lipinski definition) is 2. The molecule has 41 heavy (non-hydrogen) atoms. The van der Waals surface area contributed by atoms with Crippen molar-refractivity contribution in [2.45, 2.75) is 50.6 Å². The molecule has 2 heterocycles. The second-order valence-corrected chi connectivity index (χ2v) is 12.5. The number of nitrogens with one attached hydrogen (secondary N) is 1. The lowest BCUT2D eigenvalue weighted by atomic mass is 9.31. The molecule has 3 aromatic carbocycles. The van der Waals surface area contributed by atoms with Gasteiger partial charge in [-0.15, -0.1) is 0 Å². The van der Waals surface area contributed by atoms with E-state index in [2.05, 4.69) is 29.6 Å². The van der Waals surface area contributed by atoms with Crippen molar-refractivity contribution in [3.8, 4) is 11.1 Å². The molecule has 0 aliphatic heterocycles. The summed E-state index contributed by atoms with van der Waals surface area (Å²) in [6.45, 7) is 0.450. The molecule has 1 amide bonds. The first-order valence-corrected chi connectivity index (χ1v) is 14.3. The Morgan fingerprint density at radius 2 is 1.63 bits per heavy atom. The van der Waals surface area contributed by atoms with Crippen LogP contribution in [0.5, 0.6) is 0 Å². The number of carbonyl (C=O) groups is 2. The van der Waals surface area contributed by atoms with E-state index in [1.54, 1.807) is 0 Å². The third-order valence-corrected chi connectivity index (χ3v) is 9.84. The van der Waals surface area contributed by atoms with Crippen LogP contribution in [-0.2, 0) is 11.3 Å². The van der Waals surface area contributed by atoms with Crippen LogP contribution in [-0.4, -0.2) is 37.3 Å². The summed E-state index contributed by atoms with van der Waals surface area (Å²) in [4.78, 5) is 30.4. The smallest absolute Gasteiger partial charge is 0.303 e. The van der Waals surface area contributed by atoms with Gasteiger partial charge in [0.1, 0.15) is 0 Å². The van der Waals surface area contributed by atoms with Gasteiger partial charge < -0.3 is 10.4 Å². The summed E-state index contributed by atoms with van der Waals surface area (Å²) in [7, 11) is 0. The molecule has 4 aliphatic carbocycles. The summed E-state index contributed by atoms with van der Waals surface area (Å²) in [6, 6.07) is 26.3. The molecule has 4 fully saturated rings. The highest BCUT2D eigenvalue weighted by Gasteiger charge is 2.78. The first-order chi connectivity index (χ1) is 19.9. The molecule has 0 atom stereocenters. The molecule has 5 aromatic rings. The van der Waals surface area contributed by atoms with Gasteiger partial charge in [-0.1, -0.05) is 54.6 Å². The molecule has 9 rings (SSSR count). The molecular formula is C34H30N4O3. The predicted molar refractivity (Wildman–Crippen MR) is 156 cm³/mol. The van der Waals surface area contributed by atoms with E-state index in [-0.39, 0.29) is 28.7 Å². The third-order valence-electron chi connectivity index (χ3n) is 9.84. The molecule has 2 bridgehead atoms. The summed E-state index contributed by atoms with van der Waals surface area (Å²) in [6.07, 6.45) is 6.67. The fourth-order valence-electron chi connectivity index (χ4n) is 7.88. The van der Waals surface area contributed by atoms with Crippen molar-refractivity contribution in [3.63, 3.8) is 0 Å². The molecule has 0 spiro atoms. The van der Waals surface area contributed by atoms with Crippen molar-refractivity contribution >= 4 is 33.7 Å². The fraction of sp³-hybridized carbons (Fsp3) is 0.294. The Balaban J connectivity index is 1.16. The van der Waals surface area contributed by atoms with E-state index < -0.39 is 5.97 Å². The van der Waals surface area contributed by atoms with E-state index in [1.165, 1.54) is 0 Å². The summed E-state index contributed by atoms with van der Waals surface area (Å²) >= 11 is 0. The molecule has 204 valence electrons. The topological polar surface area (TPSA) is 97.1 Å². The van der Waals surface area contributed by atoms with Gasteiger partial charge in [0, 0.05) is 16.3 Å². The second-order valence-electron chi connectivity index (χ2n) is 12.5. The first-order valence-electron chi connectivity index (χ1n) is 14.3. The largest absolute Gasteiger partial charge is 0.481 e. The highest BCUT2D eigenvalue weighted by Crippen LogP contribution is 2.82. The SMILES string of the molecule is O=C(O)CC12CC(C3(NC(=O)c4cc(-c5ccccc5)cc5cnn(Cc6ccc7ccccc7n6)c45)CC3)(C1)C2. The third kappa shape index (κ3) is 3.79. The lowest BCUT2D eigenvalue weighted by Gasteiger charge is -2.73. The Morgan fingerprint density at radius 1 is 0.878 bits per heavy atom. The van der Waals surface area contributed by atoms with Crippen molar-refractivity contribution in [1.29, 1.82) is 0 Å². The average Bonchev–Trinajstić information content (AvgIpc) is 3.60. The van der Waals surface area contributed by atoms with Gasteiger partial charge in [0.25, 0.3) is 5.91 Å². The Bertz CT molecular complexity index is 1850. The number of benzene rings is 3. The van der Waals surface area contributed by atoms with Crippen LogP contribution in [0.1, 0.15) is 54.6 Å². The second kappa shape index (κ2) is 8.49. The van der Waals surface area contributed by atoms with Crippen LogP contribution in [0, 0.1) is 10.8 Å². The average molecular weight is 543 g/mol. The standard InChI is InChI=1S/C34H30N4O3/c39-29(40)16-32-19-33(20-32,21-32)34(12-13-34)37-31(41)27-15-24(22-6-2-1-3-7-22)14-25-17-35-38(30(25)27)18-26-11-10-23-8-4-5-9-28(23)36-26/h1-11,14-15,17H,12-13,16,18-21H2,(H,37,41)(H,39,40). The highest BCUT2D eigenvalue weighted by atomic mass is 16.4. The van der Waals surface area contributed by atoms with Gasteiger partial charge in [-0.05, 0) is 78.3 Å². The molecule has 0 unspecified atom stereocenters. The minimum absolute atomic E-state index is 0.0452. The molecule has 4 saturated carbocycles. The normalized spacial score (nSPS) is 23.5. The zero-order chi connectivity index (χ0) is 27.8. The highest BCUT2D eigenvalue weighted by molar-refractivity contribution is 6.08. The maximum Gasteiger partial charge on any atom is 0.303 e. The van der Waals surface area contributed by atoms with Crippen LogP contribution in [0.15, 0.2) is 85.1 Å². The molecule has 4 aliphatic rings. The van der Waals surface area contributed by atoms with Crippen molar-refractivity contribution < 1.29 is 14.7 Å². The number of carboxylic acids is 1. The Labute approximate surface area is 237 Å². The van der Waals surface area contributed by atoms with Crippen LogP contribution in [0.4, 0.5) is 0 Å². The van der Waals surface area contributed by atoms with Crippen LogP contribution in [0.2, 0.25) is 0 Å². The van der Waals surface area contributed by atoms with Crippen molar-refractivity contribution in [3.05, 3.63) is 96.3 Å². The van der Waals surface area contributed by atoms with Crippen molar-refractivity contribution in [1.82, 2.24) is 20.1 Å². The molecule has 7 heteroatoms. The lowest BCUT2D eigenvalue weighted by molar-refractivity contribution is -0.232. The number of amides is 1. The van der Waals surface area contributed by atoms with Crippen LogP contribution >= 0.6 is 0 Å². The summed E-state index contributed by atoms with van der Waals surface area (Å²) in [5, 5.41) is 19.5. The van der Waals surface area contributed by atoms with Gasteiger partial charge in [0.2, 0.25) is 0 Å². The predicted octanol–water partition coefficient (Wildman–Crippen LogP) is 6.21. The van der Waals surface area contributed by atoms with Crippen LogP contribution < -0.4 is 5.32 Å². The Morgan fingerprint density at radius 3 is 2.39 bits per heavy atom. The zero-order valence-corrected chi connectivity index (χ0v) is 22.6. The van der Waals surface area contributed by atoms with Gasteiger partial charge in [-0.3, -0.25) is 19.3 Å². The van der Waals surface area contributed by atoms with Crippen molar-refractivity contribution in [2.24, 2.45) is 10.8 Å². The zero-order valence-electron chi connectivity index (χ0n) is 22.6. The molecule has 2 N–H and O–H groups in total. The number of fused-ring (bicyclic) bond motifs is 2. The van der Waals surface area contributed by atoms with E-state index in [0.29, 0.717) is 12.1 Å². The number of carboxylic acid groups (broad SMARTS) is 1. The summed E-state index contributed by atoms with van der Waals surface area (Å²) in [5.41, 5.74) is 4.99. The van der Waals surface area contributed by atoms with Gasteiger partial charge in [-0.25, -0.2) is 0 Å². The number of aromatic nitrogens is 3. The van der Waals surface area contributed by atoms with Crippen LogP contribution in [0.3, 0.4) is 0 Å². The maximum absolute atomic E-state index is 14.2. The van der Waals surface area contributed by atoms with Gasteiger partial charge in [0.15, 0.2) is 0 Å². The number of hydrogen-bond acceptors (Lipinski definition) is 4. The number of para-hydroxylation sites is 1. The first kappa shape index (κ1) is 24.3. The molecular weight excluding hydrogens is 512 g/mol. The molecule has 0 saturated heterocycles. The van der Waals surface area contributed by atoms with Gasteiger partial charge in [-0.2, -0.15) is 5.10 Å².